The topological polar surface area (TPSA) is 12.9 Å². The van der Waals surface area contributed by atoms with Gasteiger partial charge in [-0.3, -0.25) is 4.98 Å². The largest absolute Gasteiger partial charge is 0.257 e. The Morgan fingerprint density at radius 3 is 2.83 bits per heavy atom. The Morgan fingerprint density at radius 1 is 1.42 bits per heavy atom. The maximum atomic E-state index is 4.29. The summed E-state index contributed by atoms with van der Waals surface area (Å²) in [6, 6.07) is 6.14. The summed E-state index contributed by atoms with van der Waals surface area (Å²) in [5.74, 6) is 0.821. The predicted molar refractivity (Wildman–Crippen MR) is 56.5 cm³/mol. The molecule has 0 radical (unpaired) electrons. The molecule has 1 aromatic rings. The summed E-state index contributed by atoms with van der Waals surface area (Å²) in [5, 5.41) is 0. The highest BCUT2D eigenvalue weighted by Crippen LogP contribution is 2.13. The molecular weight excluding hydrogens is 165 g/mol. The molecule has 0 N–H and O–H groups in total. The molecule has 0 bridgehead atoms. The molecule has 0 aliphatic carbocycles. The highest BCUT2D eigenvalue weighted by Gasteiger charge is 1.95. The van der Waals surface area contributed by atoms with Gasteiger partial charge in [-0.1, -0.05) is 28.5 Å². The molecule has 0 fully saturated rings. The second-order valence-electron chi connectivity index (χ2n) is 3.32. The second kappa shape index (κ2) is 5.27. The first kappa shape index (κ1) is 9.67. The predicted octanol–water partition coefficient (Wildman–Crippen LogP) is 2.43. The summed E-state index contributed by atoms with van der Waals surface area (Å²) in [6.45, 7) is 4.53. The van der Waals surface area contributed by atoms with E-state index in [1.54, 1.807) is 0 Å². The van der Waals surface area contributed by atoms with E-state index in [0.717, 1.165) is 14.5 Å². The summed E-state index contributed by atoms with van der Waals surface area (Å²) in [5.41, 5.74) is 1.25. The fraction of sp³-hybridized carbons (Fsp3) is 0.500. The zero-order valence-corrected chi connectivity index (χ0v) is 8.75. The number of pyridine rings is 1. The van der Waals surface area contributed by atoms with Crippen LogP contribution in [0.25, 0.3) is 0 Å². The minimum Gasteiger partial charge on any atom is -0.257 e. The van der Waals surface area contributed by atoms with E-state index in [0.29, 0.717) is 0 Å². The Labute approximate surface area is 76.4 Å². The first-order valence-corrected chi connectivity index (χ1v) is 5.64. The summed E-state index contributed by atoms with van der Waals surface area (Å²) in [6.07, 6.45) is 4.47. The van der Waals surface area contributed by atoms with Crippen molar-refractivity contribution in [2.75, 3.05) is 6.16 Å². The molecule has 2 heteroatoms. The third-order valence-corrected chi connectivity index (χ3v) is 2.89. The molecule has 0 aliphatic heterocycles. The van der Waals surface area contributed by atoms with Crippen LogP contribution in [0.3, 0.4) is 0 Å². The highest BCUT2D eigenvalue weighted by molar-refractivity contribution is 7.46. The van der Waals surface area contributed by atoms with Crippen molar-refractivity contribution in [2.24, 2.45) is 5.92 Å². The maximum Gasteiger partial charge on any atom is 0.0600 e. The molecule has 1 nitrogen and oxygen atoms in total. The molecule has 1 aromatic heterocycles. The van der Waals surface area contributed by atoms with Gasteiger partial charge in [-0.25, -0.2) is 0 Å². The maximum absolute atomic E-state index is 4.29. The van der Waals surface area contributed by atoms with E-state index in [4.69, 9.17) is 0 Å². The average molecular weight is 181 g/mol. The molecule has 0 saturated carbocycles. The lowest BCUT2D eigenvalue weighted by Crippen LogP contribution is -2.00. The van der Waals surface area contributed by atoms with Crippen LogP contribution in [0.1, 0.15) is 20.3 Å². The second-order valence-corrected chi connectivity index (χ2v) is 4.69. The van der Waals surface area contributed by atoms with Crippen molar-refractivity contribution in [3.63, 3.8) is 0 Å². The van der Waals surface area contributed by atoms with Crippen molar-refractivity contribution >= 4 is 14.0 Å². The van der Waals surface area contributed by atoms with E-state index in [2.05, 4.69) is 31.0 Å². The first-order valence-electron chi connectivity index (χ1n) is 4.44. The van der Waals surface area contributed by atoms with Crippen LogP contribution in [0.15, 0.2) is 24.4 Å². The lowest BCUT2D eigenvalue weighted by molar-refractivity contribution is 0.631. The van der Waals surface area contributed by atoms with E-state index >= 15 is 0 Å². The van der Waals surface area contributed by atoms with Gasteiger partial charge in [-0.2, -0.15) is 0 Å². The standard InChI is InChI=1S/C10H16NP/c1-9(2)6-8-12-10-5-3-4-7-11-10/h3-5,7,9,12H,6,8H2,1-2H3. The number of aromatic nitrogens is 1. The molecular formula is C10H16NP. The van der Waals surface area contributed by atoms with E-state index in [1.165, 1.54) is 18.0 Å². The van der Waals surface area contributed by atoms with Crippen molar-refractivity contribution in [1.82, 2.24) is 4.98 Å². The van der Waals surface area contributed by atoms with Crippen LogP contribution in [0.2, 0.25) is 0 Å². The zero-order valence-electron chi connectivity index (χ0n) is 7.75. The zero-order chi connectivity index (χ0) is 8.81. The third-order valence-electron chi connectivity index (χ3n) is 1.69. The van der Waals surface area contributed by atoms with Crippen LogP contribution in [-0.4, -0.2) is 11.1 Å². The summed E-state index contributed by atoms with van der Waals surface area (Å²) in [4.78, 5) is 4.29. The van der Waals surface area contributed by atoms with Gasteiger partial charge in [0.15, 0.2) is 0 Å². The Hall–Kier alpha value is -0.420. The average Bonchev–Trinajstić information content (AvgIpc) is 2.05. The molecule has 1 heterocycles. The van der Waals surface area contributed by atoms with Crippen molar-refractivity contribution in [3.8, 4) is 0 Å². The van der Waals surface area contributed by atoms with Crippen LogP contribution in [0.4, 0.5) is 0 Å². The van der Waals surface area contributed by atoms with Crippen molar-refractivity contribution in [3.05, 3.63) is 24.4 Å². The molecule has 0 aliphatic rings. The molecule has 66 valence electrons. The van der Waals surface area contributed by atoms with E-state index in [1.807, 2.05) is 12.3 Å². The number of hydrogen-bond acceptors (Lipinski definition) is 1. The summed E-state index contributed by atoms with van der Waals surface area (Å²) < 4.78 is 0. The number of hydrogen-bond donors (Lipinski definition) is 0. The van der Waals surface area contributed by atoms with Crippen LogP contribution in [-0.2, 0) is 0 Å². The monoisotopic (exact) mass is 181 g/mol. The van der Waals surface area contributed by atoms with Gasteiger partial charge in [0.25, 0.3) is 0 Å². The Kier molecular flexibility index (Phi) is 4.24. The third kappa shape index (κ3) is 3.82. The van der Waals surface area contributed by atoms with Crippen molar-refractivity contribution in [1.29, 1.82) is 0 Å². The quantitative estimate of drug-likeness (QED) is 0.650. The van der Waals surface area contributed by atoms with Gasteiger partial charge in [0.05, 0.1) is 5.44 Å². The van der Waals surface area contributed by atoms with Crippen LogP contribution < -0.4 is 5.44 Å². The number of nitrogens with zero attached hydrogens (tertiary/aromatic N) is 1. The smallest absolute Gasteiger partial charge is 0.0600 e. The normalized spacial score (nSPS) is 11.6. The fourth-order valence-electron chi connectivity index (χ4n) is 0.956. The van der Waals surface area contributed by atoms with Crippen LogP contribution >= 0.6 is 8.58 Å². The van der Waals surface area contributed by atoms with Crippen molar-refractivity contribution in [2.45, 2.75) is 20.3 Å². The molecule has 0 amide bonds. The van der Waals surface area contributed by atoms with E-state index in [-0.39, 0.29) is 0 Å². The van der Waals surface area contributed by atoms with Crippen LogP contribution in [0.5, 0.6) is 0 Å². The van der Waals surface area contributed by atoms with Crippen LogP contribution in [0, 0.1) is 5.92 Å². The van der Waals surface area contributed by atoms with Gasteiger partial charge in [0, 0.05) is 6.20 Å². The molecule has 12 heavy (non-hydrogen) atoms. The van der Waals surface area contributed by atoms with E-state index in [9.17, 15) is 0 Å². The minimum absolute atomic E-state index is 0.821. The van der Waals surface area contributed by atoms with Gasteiger partial charge < -0.3 is 0 Å². The van der Waals surface area contributed by atoms with Gasteiger partial charge in [0.1, 0.15) is 0 Å². The SMILES string of the molecule is CC(C)CCPc1ccccn1. The molecule has 1 atom stereocenters. The molecule has 1 unspecified atom stereocenters. The summed E-state index contributed by atoms with van der Waals surface area (Å²) >= 11 is 0. The lowest BCUT2D eigenvalue weighted by Gasteiger charge is -2.03. The molecule has 0 spiro atoms. The van der Waals surface area contributed by atoms with E-state index < -0.39 is 0 Å². The molecule has 1 rings (SSSR count). The molecule has 0 saturated heterocycles. The van der Waals surface area contributed by atoms with Gasteiger partial charge in [-0.05, 0) is 30.6 Å². The molecule has 0 aromatic carbocycles. The number of rotatable bonds is 4. The Bertz CT molecular complexity index is 208. The van der Waals surface area contributed by atoms with Gasteiger partial charge in [0.2, 0.25) is 0 Å². The van der Waals surface area contributed by atoms with Gasteiger partial charge >= 0.3 is 0 Å². The van der Waals surface area contributed by atoms with Crippen molar-refractivity contribution < 1.29 is 0 Å². The summed E-state index contributed by atoms with van der Waals surface area (Å²) in [7, 11) is 0.886. The lowest BCUT2D eigenvalue weighted by atomic mass is 10.2. The minimum atomic E-state index is 0.821. The fourth-order valence-corrected chi connectivity index (χ4v) is 2.31. The first-order chi connectivity index (χ1) is 5.79. The van der Waals surface area contributed by atoms with Gasteiger partial charge in [-0.15, -0.1) is 0 Å². The highest BCUT2D eigenvalue weighted by atomic mass is 31.1. The Morgan fingerprint density at radius 2 is 2.25 bits per heavy atom. The Balaban J connectivity index is 2.25.